The summed E-state index contributed by atoms with van der Waals surface area (Å²) < 4.78 is 0. The Hall–Kier alpha value is -0.580. The van der Waals surface area contributed by atoms with E-state index in [0.29, 0.717) is 12.0 Å². The molecule has 1 aliphatic rings. The second-order valence-corrected chi connectivity index (χ2v) is 6.21. The van der Waals surface area contributed by atoms with Crippen LogP contribution < -0.4 is 10.6 Å². The third-order valence-electron chi connectivity index (χ3n) is 3.48. The Morgan fingerprint density at radius 3 is 2.72 bits per heavy atom. The molecule has 0 aliphatic carbocycles. The van der Waals surface area contributed by atoms with E-state index in [-0.39, 0.29) is 24.4 Å². The third kappa shape index (κ3) is 3.46. The fourth-order valence-electron chi connectivity index (χ4n) is 2.38. The summed E-state index contributed by atoms with van der Waals surface area (Å²) in [7, 11) is 0. The van der Waals surface area contributed by atoms with Gasteiger partial charge >= 0.3 is 0 Å². The van der Waals surface area contributed by atoms with Gasteiger partial charge in [0.1, 0.15) is 0 Å². The molecule has 3 unspecified atom stereocenters. The van der Waals surface area contributed by atoms with Crippen molar-refractivity contribution in [3.8, 4) is 0 Å². The van der Waals surface area contributed by atoms with E-state index in [1.54, 1.807) is 11.3 Å². The average Bonchev–Trinajstić information content (AvgIpc) is 2.70. The first-order valence-electron chi connectivity index (χ1n) is 6.18. The number of carbonyl (C=O) groups excluding carboxylic acids is 1. The highest BCUT2D eigenvalue weighted by Gasteiger charge is 2.29. The van der Waals surface area contributed by atoms with Gasteiger partial charge in [0, 0.05) is 17.0 Å². The Kier molecular flexibility index (Phi) is 5.63. The third-order valence-corrected chi connectivity index (χ3v) is 4.48. The van der Waals surface area contributed by atoms with Crippen molar-refractivity contribution >= 4 is 29.7 Å². The SMILES string of the molecule is Cc1ccc(C(=O)NC2C(C)CCNC2C)s1.Cl. The second-order valence-electron chi connectivity index (χ2n) is 4.92. The lowest BCUT2D eigenvalue weighted by atomic mass is 9.89. The van der Waals surface area contributed by atoms with Gasteiger partial charge < -0.3 is 10.6 Å². The van der Waals surface area contributed by atoms with Crippen LogP contribution in [0.4, 0.5) is 0 Å². The van der Waals surface area contributed by atoms with Gasteiger partial charge in [-0.3, -0.25) is 4.79 Å². The van der Waals surface area contributed by atoms with Crippen LogP contribution in [0.1, 0.15) is 34.8 Å². The lowest BCUT2D eigenvalue weighted by Crippen LogP contribution is -2.55. The first-order valence-corrected chi connectivity index (χ1v) is 7.00. The van der Waals surface area contributed by atoms with Crippen molar-refractivity contribution < 1.29 is 4.79 Å². The molecule has 2 N–H and O–H groups in total. The van der Waals surface area contributed by atoms with Crippen molar-refractivity contribution in [2.45, 2.75) is 39.3 Å². The molecule has 0 spiro atoms. The fraction of sp³-hybridized carbons (Fsp3) is 0.615. The minimum absolute atomic E-state index is 0. The molecule has 1 aromatic heterocycles. The zero-order valence-corrected chi connectivity index (χ0v) is 12.7. The topological polar surface area (TPSA) is 41.1 Å². The molecular weight excluding hydrogens is 268 g/mol. The van der Waals surface area contributed by atoms with Crippen LogP contribution in [-0.2, 0) is 0 Å². The molecule has 18 heavy (non-hydrogen) atoms. The Labute approximate surface area is 119 Å². The molecule has 2 rings (SSSR count). The molecule has 3 nitrogen and oxygen atoms in total. The standard InChI is InChI=1S/C13H20N2OS.ClH/c1-8-6-7-14-10(3)12(8)15-13(16)11-5-4-9(2)17-11;/h4-5,8,10,12,14H,6-7H2,1-3H3,(H,15,16);1H. The van der Waals surface area contributed by atoms with Crippen molar-refractivity contribution in [1.29, 1.82) is 0 Å². The van der Waals surface area contributed by atoms with Crippen molar-refractivity contribution in [3.05, 3.63) is 21.9 Å². The molecule has 1 saturated heterocycles. The van der Waals surface area contributed by atoms with E-state index in [9.17, 15) is 4.79 Å². The van der Waals surface area contributed by atoms with Gasteiger partial charge in [-0.15, -0.1) is 23.7 Å². The Bertz CT molecular complexity index is 397. The summed E-state index contributed by atoms with van der Waals surface area (Å²) in [6.07, 6.45) is 1.12. The minimum atomic E-state index is 0. The van der Waals surface area contributed by atoms with Crippen LogP contribution in [0.15, 0.2) is 12.1 Å². The van der Waals surface area contributed by atoms with Crippen molar-refractivity contribution in [3.63, 3.8) is 0 Å². The predicted octanol–water partition coefficient (Wildman–Crippen LogP) is 2.59. The van der Waals surface area contributed by atoms with E-state index in [1.165, 1.54) is 4.88 Å². The zero-order chi connectivity index (χ0) is 12.4. The summed E-state index contributed by atoms with van der Waals surface area (Å²) in [5, 5.41) is 6.57. The molecule has 2 heterocycles. The maximum atomic E-state index is 12.1. The van der Waals surface area contributed by atoms with Gasteiger partial charge in [-0.25, -0.2) is 0 Å². The zero-order valence-electron chi connectivity index (χ0n) is 11.0. The molecule has 1 amide bonds. The van der Waals surface area contributed by atoms with E-state index < -0.39 is 0 Å². The van der Waals surface area contributed by atoms with E-state index in [4.69, 9.17) is 0 Å². The molecular formula is C13H21ClN2OS. The number of hydrogen-bond donors (Lipinski definition) is 2. The van der Waals surface area contributed by atoms with Gasteiger partial charge in [-0.1, -0.05) is 6.92 Å². The van der Waals surface area contributed by atoms with Gasteiger partial charge in [0.25, 0.3) is 5.91 Å². The maximum Gasteiger partial charge on any atom is 0.261 e. The van der Waals surface area contributed by atoms with Crippen LogP contribution in [0.3, 0.4) is 0 Å². The predicted molar refractivity (Wildman–Crippen MR) is 78.8 cm³/mol. The number of nitrogens with one attached hydrogen (secondary N) is 2. The van der Waals surface area contributed by atoms with Gasteiger partial charge in [0.15, 0.2) is 0 Å². The minimum Gasteiger partial charge on any atom is -0.347 e. The number of rotatable bonds is 2. The number of thiophene rings is 1. The largest absolute Gasteiger partial charge is 0.347 e. The number of amides is 1. The smallest absolute Gasteiger partial charge is 0.261 e. The summed E-state index contributed by atoms with van der Waals surface area (Å²) in [6, 6.07) is 4.48. The number of piperidine rings is 1. The van der Waals surface area contributed by atoms with Gasteiger partial charge in [0.2, 0.25) is 0 Å². The van der Waals surface area contributed by atoms with Crippen LogP contribution in [0.25, 0.3) is 0 Å². The van der Waals surface area contributed by atoms with E-state index in [0.717, 1.165) is 17.8 Å². The highest BCUT2D eigenvalue weighted by molar-refractivity contribution is 7.13. The number of carbonyl (C=O) groups is 1. The summed E-state index contributed by atoms with van der Waals surface area (Å²) in [5.74, 6) is 0.603. The van der Waals surface area contributed by atoms with Gasteiger partial charge in [-0.2, -0.15) is 0 Å². The number of aryl methyl sites for hydroxylation is 1. The Morgan fingerprint density at radius 2 is 2.17 bits per heavy atom. The summed E-state index contributed by atoms with van der Waals surface area (Å²) in [5.41, 5.74) is 0. The molecule has 1 aliphatic heterocycles. The van der Waals surface area contributed by atoms with Crippen LogP contribution in [0.5, 0.6) is 0 Å². The molecule has 1 aromatic rings. The van der Waals surface area contributed by atoms with E-state index in [1.807, 2.05) is 19.1 Å². The van der Waals surface area contributed by atoms with E-state index >= 15 is 0 Å². The van der Waals surface area contributed by atoms with Crippen LogP contribution in [0.2, 0.25) is 0 Å². The quantitative estimate of drug-likeness (QED) is 0.878. The molecule has 0 radical (unpaired) electrons. The number of halogens is 1. The summed E-state index contributed by atoms with van der Waals surface area (Å²) in [4.78, 5) is 14.1. The molecule has 0 saturated carbocycles. The van der Waals surface area contributed by atoms with E-state index in [2.05, 4.69) is 24.5 Å². The molecule has 5 heteroatoms. The lowest BCUT2D eigenvalue weighted by molar-refractivity contribution is 0.0902. The average molecular weight is 289 g/mol. The normalized spacial score (nSPS) is 27.4. The first-order chi connectivity index (χ1) is 8.08. The van der Waals surface area contributed by atoms with Crippen LogP contribution in [-0.4, -0.2) is 24.5 Å². The highest BCUT2D eigenvalue weighted by Crippen LogP contribution is 2.19. The maximum absolute atomic E-state index is 12.1. The molecule has 102 valence electrons. The van der Waals surface area contributed by atoms with Crippen LogP contribution in [0, 0.1) is 12.8 Å². The van der Waals surface area contributed by atoms with Crippen molar-refractivity contribution in [2.24, 2.45) is 5.92 Å². The fourth-order valence-corrected chi connectivity index (χ4v) is 3.15. The number of hydrogen-bond acceptors (Lipinski definition) is 3. The van der Waals surface area contributed by atoms with Crippen molar-refractivity contribution in [1.82, 2.24) is 10.6 Å². The first kappa shape index (κ1) is 15.5. The van der Waals surface area contributed by atoms with Gasteiger partial charge in [0.05, 0.1) is 4.88 Å². The lowest BCUT2D eigenvalue weighted by Gasteiger charge is -2.35. The molecule has 3 atom stereocenters. The summed E-state index contributed by atoms with van der Waals surface area (Å²) in [6.45, 7) is 7.42. The molecule has 1 fully saturated rings. The highest BCUT2D eigenvalue weighted by atomic mass is 35.5. The van der Waals surface area contributed by atoms with Crippen molar-refractivity contribution in [2.75, 3.05) is 6.54 Å². The Morgan fingerprint density at radius 1 is 1.44 bits per heavy atom. The molecule has 0 bridgehead atoms. The Balaban J connectivity index is 0.00000162. The van der Waals surface area contributed by atoms with Gasteiger partial charge in [-0.05, 0) is 44.9 Å². The van der Waals surface area contributed by atoms with Crippen LogP contribution >= 0.6 is 23.7 Å². The molecule has 0 aromatic carbocycles. The summed E-state index contributed by atoms with van der Waals surface area (Å²) >= 11 is 1.55. The monoisotopic (exact) mass is 288 g/mol. The second kappa shape index (κ2) is 6.55.